The summed E-state index contributed by atoms with van der Waals surface area (Å²) < 4.78 is 10.7. The van der Waals surface area contributed by atoms with E-state index >= 15 is 0 Å². The Morgan fingerprint density at radius 3 is 2.70 bits per heavy atom. The third kappa shape index (κ3) is 5.79. The minimum absolute atomic E-state index is 0.0337. The van der Waals surface area contributed by atoms with E-state index in [1.54, 1.807) is 11.9 Å². The van der Waals surface area contributed by atoms with E-state index in [0.717, 1.165) is 56.4 Å². The zero-order valence-corrected chi connectivity index (χ0v) is 18.7. The van der Waals surface area contributed by atoms with Gasteiger partial charge in [-0.1, -0.05) is 23.7 Å². The summed E-state index contributed by atoms with van der Waals surface area (Å²) in [4.78, 5) is 18.1. The van der Waals surface area contributed by atoms with Gasteiger partial charge >= 0.3 is 6.09 Å². The Balaban J connectivity index is 1.57. The number of likely N-dealkylation sites (tertiary alicyclic amines) is 1. The quantitative estimate of drug-likeness (QED) is 0.547. The number of benzene rings is 1. The molecule has 0 bridgehead atoms. The third-order valence-electron chi connectivity index (χ3n) is 6.07. The number of piperidine rings is 1. The van der Waals surface area contributed by atoms with Crippen LogP contribution in [0.4, 0.5) is 4.79 Å². The molecule has 0 unspecified atom stereocenters. The molecule has 0 spiro atoms. The van der Waals surface area contributed by atoms with Gasteiger partial charge in [0, 0.05) is 56.4 Å². The van der Waals surface area contributed by atoms with E-state index < -0.39 is 0 Å². The summed E-state index contributed by atoms with van der Waals surface area (Å²) in [7, 11) is 1.79. The number of amides is 1. The lowest BCUT2D eigenvalue weighted by Crippen LogP contribution is -2.52. The van der Waals surface area contributed by atoms with E-state index in [2.05, 4.69) is 27.8 Å². The zero-order valence-electron chi connectivity index (χ0n) is 18.0. The van der Waals surface area contributed by atoms with Crippen LogP contribution >= 0.6 is 11.6 Å². The first-order valence-corrected chi connectivity index (χ1v) is 11.2. The smallest absolute Gasteiger partial charge is 0.409 e. The lowest BCUT2D eigenvalue weighted by atomic mass is 9.74. The monoisotopic (exact) mass is 436 g/mol. The fraction of sp³-hybridized carbons (Fsp3) is 0.636. The van der Waals surface area contributed by atoms with Crippen molar-refractivity contribution >= 4 is 23.7 Å². The van der Waals surface area contributed by atoms with E-state index in [0.29, 0.717) is 19.7 Å². The second kappa shape index (κ2) is 10.9. The number of halogens is 1. The molecule has 1 aromatic carbocycles. The molecule has 1 aromatic rings. The molecular formula is C22H33ClN4O3. The van der Waals surface area contributed by atoms with Gasteiger partial charge in [-0.3, -0.25) is 4.99 Å². The van der Waals surface area contributed by atoms with Crippen LogP contribution in [0.1, 0.15) is 38.2 Å². The molecule has 7 nitrogen and oxygen atoms in total. The minimum Gasteiger partial charge on any atom is -0.450 e. The number of hydrogen-bond donors (Lipinski definition) is 2. The first-order valence-electron chi connectivity index (χ1n) is 10.8. The van der Waals surface area contributed by atoms with Crippen molar-refractivity contribution in [1.82, 2.24) is 15.5 Å². The van der Waals surface area contributed by atoms with E-state index in [-0.39, 0.29) is 17.6 Å². The first kappa shape index (κ1) is 22.7. The molecule has 2 fully saturated rings. The van der Waals surface area contributed by atoms with Crippen LogP contribution in [0.25, 0.3) is 0 Å². The maximum Gasteiger partial charge on any atom is 0.409 e. The molecule has 166 valence electrons. The molecule has 8 heteroatoms. The summed E-state index contributed by atoms with van der Waals surface area (Å²) in [5, 5.41) is 7.81. The second-order valence-corrected chi connectivity index (χ2v) is 8.37. The predicted molar refractivity (Wildman–Crippen MR) is 119 cm³/mol. The van der Waals surface area contributed by atoms with Gasteiger partial charge in [0.2, 0.25) is 0 Å². The minimum atomic E-state index is -0.221. The number of guanidine groups is 1. The molecule has 2 aliphatic rings. The maximum absolute atomic E-state index is 11.9. The average Bonchev–Trinajstić information content (AvgIpc) is 2.78. The molecule has 0 aliphatic carbocycles. The molecule has 2 N–H and O–H groups in total. The Morgan fingerprint density at radius 1 is 1.33 bits per heavy atom. The Morgan fingerprint density at radius 2 is 2.07 bits per heavy atom. The van der Waals surface area contributed by atoms with Gasteiger partial charge in [-0.2, -0.15) is 0 Å². The number of nitrogens with one attached hydrogen (secondary N) is 2. The van der Waals surface area contributed by atoms with Crippen molar-refractivity contribution in [3.8, 4) is 0 Å². The Bertz CT molecular complexity index is 729. The van der Waals surface area contributed by atoms with Crippen LogP contribution in [0.5, 0.6) is 0 Å². The summed E-state index contributed by atoms with van der Waals surface area (Å²) in [6.45, 7) is 5.87. The molecule has 0 saturated carbocycles. The molecule has 0 atom stereocenters. The van der Waals surface area contributed by atoms with Crippen molar-refractivity contribution in [3.63, 3.8) is 0 Å². The lowest BCUT2D eigenvalue weighted by Gasteiger charge is -2.39. The molecule has 0 aromatic heterocycles. The van der Waals surface area contributed by atoms with Gasteiger partial charge in [0.1, 0.15) is 0 Å². The maximum atomic E-state index is 11.9. The largest absolute Gasteiger partial charge is 0.450 e. The molecule has 30 heavy (non-hydrogen) atoms. The molecule has 2 heterocycles. The van der Waals surface area contributed by atoms with Gasteiger partial charge in [-0.25, -0.2) is 4.79 Å². The Labute approximate surface area is 184 Å². The number of hydrogen-bond acceptors (Lipinski definition) is 4. The number of ether oxygens (including phenoxy) is 2. The number of aliphatic imine (C=N–C) groups is 1. The second-order valence-electron chi connectivity index (χ2n) is 7.93. The van der Waals surface area contributed by atoms with Gasteiger partial charge < -0.3 is 25.0 Å². The van der Waals surface area contributed by atoms with Crippen LogP contribution in [-0.4, -0.2) is 69.5 Å². The van der Waals surface area contributed by atoms with E-state index in [1.807, 2.05) is 19.1 Å². The van der Waals surface area contributed by atoms with Crippen LogP contribution in [0.3, 0.4) is 0 Å². The zero-order chi connectivity index (χ0) is 21.4. The summed E-state index contributed by atoms with van der Waals surface area (Å²) in [6, 6.07) is 8.42. The Hall–Kier alpha value is -1.99. The van der Waals surface area contributed by atoms with Crippen LogP contribution in [0, 0.1) is 0 Å². The fourth-order valence-corrected chi connectivity index (χ4v) is 4.40. The highest BCUT2D eigenvalue weighted by atomic mass is 35.5. The standard InChI is InChI=1S/C22H33ClN4O3/c1-3-30-21(28)27-11-7-19(8-12-27)26-20(24-2)25-16-22(9-13-29-14-10-22)17-5-4-6-18(23)15-17/h4-6,15,19H,3,7-14,16H2,1-2H3,(H2,24,25,26). The van der Waals surface area contributed by atoms with Crippen molar-refractivity contribution < 1.29 is 14.3 Å². The van der Waals surface area contributed by atoms with Gasteiger partial charge in [-0.05, 0) is 50.3 Å². The lowest BCUT2D eigenvalue weighted by molar-refractivity contribution is 0.0513. The number of rotatable bonds is 5. The Kier molecular flexibility index (Phi) is 8.22. The van der Waals surface area contributed by atoms with Crippen molar-refractivity contribution in [1.29, 1.82) is 0 Å². The molecule has 1 amide bonds. The van der Waals surface area contributed by atoms with Crippen LogP contribution < -0.4 is 10.6 Å². The SMILES string of the molecule is CCOC(=O)N1CCC(NC(=NC)NCC2(c3cccc(Cl)c3)CCOCC2)CC1. The fourth-order valence-electron chi connectivity index (χ4n) is 4.21. The van der Waals surface area contributed by atoms with Gasteiger partial charge in [0.05, 0.1) is 6.61 Å². The van der Waals surface area contributed by atoms with E-state index in [1.165, 1.54) is 5.56 Å². The number of carbonyl (C=O) groups is 1. The molecule has 2 aliphatic heterocycles. The topological polar surface area (TPSA) is 75.2 Å². The normalized spacial score (nSPS) is 20.0. The van der Waals surface area contributed by atoms with Crippen LogP contribution in [0.15, 0.2) is 29.3 Å². The highest BCUT2D eigenvalue weighted by Crippen LogP contribution is 2.35. The summed E-state index contributed by atoms with van der Waals surface area (Å²) in [5.74, 6) is 0.789. The van der Waals surface area contributed by atoms with Gasteiger partial charge in [0.25, 0.3) is 0 Å². The summed E-state index contributed by atoms with van der Waals surface area (Å²) in [5.41, 5.74) is 1.21. The van der Waals surface area contributed by atoms with E-state index in [9.17, 15) is 4.79 Å². The van der Waals surface area contributed by atoms with E-state index in [4.69, 9.17) is 21.1 Å². The van der Waals surface area contributed by atoms with Crippen molar-refractivity contribution in [2.24, 2.45) is 4.99 Å². The third-order valence-corrected chi connectivity index (χ3v) is 6.30. The van der Waals surface area contributed by atoms with Crippen LogP contribution in [-0.2, 0) is 14.9 Å². The van der Waals surface area contributed by atoms with Crippen LogP contribution in [0.2, 0.25) is 5.02 Å². The summed E-state index contributed by atoms with van der Waals surface area (Å²) >= 11 is 6.27. The molecular weight excluding hydrogens is 404 g/mol. The molecule has 2 saturated heterocycles. The highest BCUT2D eigenvalue weighted by Gasteiger charge is 2.35. The molecule has 0 radical (unpaired) electrons. The van der Waals surface area contributed by atoms with Crippen molar-refractivity contribution in [3.05, 3.63) is 34.9 Å². The average molecular weight is 437 g/mol. The van der Waals surface area contributed by atoms with Gasteiger partial charge in [0.15, 0.2) is 5.96 Å². The van der Waals surface area contributed by atoms with Crippen molar-refractivity contribution in [2.75, 3.05) is 46.5 Å². The highest BCUT2D eigenvalue weighted by molar-refractivity contribution is 6.30. The first-order chi connectivity index (χ1) is 14.6. The van der Waals surface area contributed by atoms with Crippen molar-refractivity contribution in [2.45, 2.75) is 44.1 Å². The number of carbonyl (C=O) groups excluding carboxylic acids is 1. The molecule has 3 rings (SSSR count). The van der Waals surface area contributed by atoms with Gasteiger partial charge in [-0.15, -0.1) is 0 Å². The number of nitrogens with zero attached hydrogens (tertiary/aromatic N) is 2. The predicted octanol–water partition coefficient (Wildman–Crippen LogP) is 3.17. The summed E-state index contributed by atoms with van der Waals surface area (Å²) in [6.07, 6.45) is 3.39.